The number of nitrogens with one attached hydrogen (secondary N) is 1. The van der Waals surface area contributed by atoms with Crippen molar-refractivity contribution in [3.63, 3.8) is 0 Å². The van der Waals surface area contributed by atoms with Crippen molar-refractivity contribution in [3.05, 3.63) is 124 Å². The fraction of sp³-hybridized carbons (Fsp3) is 0.133. The minimum Gasteiger partial charge on any atom is -0.378 e. The number of anilines is 2. The van der Waals surface area contributed by atoms with Gasteiger partial charge in [-0.3, -0.25) is 9.10 Å². The lowest BCUT2D eigenvalue weighted by Crippen LogP contribution is -2.31. The third-order valence-corrected chi connectivity index (χ3v) is 8.11. The molecule has 4 aromatic carbocycles. The Morgan fingerprint density at radius 2 is 1.59 bits per heavy atom. The van der Waals surface area contributed by atoms with E-state index >= 15 is 0 Å². The quantitative estimate of drug-likeness (QED) is 0.205. The number of hydrogen-bond acceptors (Lipinski definition) is 5. The Balaban J connectivity index is 1.52. The minimum atomic E-state index is -3.89. The summed E-state index contributed by atoms with van der Waals surface area (Å²) in [6.45, 7) is 1.89. The molecule has 0 aliphatic rings. The third-order valence-electron chi connectivity index (χ3n) is 6.10. The van der Waals surface area contributed by atoms with Crippen LogP contribution < -0.4 is 14.6 Å². The van der Waals surface area contributed by atoms with Crippen LogP contribution in [0, 0.1) is 6.92 Å². The number of carbonyl (C=O) groups is 1. The first-order chi connectivity index (χ1) is 18.6. The first kappa shape index (κ1) is 27.9. The second kappa shape index (κ2) is 12.1. The molecule has 7 nitrogen and oxygen atoms in total. The molecule has 4 rings (SSSR count). The highest BCUT2D eigenvalue weighted by Crippen LogP contribution is 2.31. The van der Waals surface area contributed by atoms with Crippen LogP contribution in [0.4, 0.5) is 11.4 Å². The van der Waals surface area contributed by atoms with Gasteiger partial charge in [0.15, 0.2) is 0 Å². The lowest BCUT2D eigenvalue weighted by Gasteiger charge is -2.26. The number of amides is 1. The number of carbonyl (C=O) groups excluding carboxylic acids is 1. The van der Waals surface area contributed by atoms with E-state index in [2.05, 4.69) is 10.5 Å². The first-order valence-corrected chi connectivity index (χ1v) is 14.0. The van der Waals surface area contributed by atoms with Crippen LogP contribution in [0.2, 0.25) is 5.02 Å². The molecule has 4 aromatic rings. The molecule has 9 heteroatoms. The van der Waals surface area contributed by atoms with Crippen molar-refractivity contribution in [2.45, 2.75) is 18.4 Å². The van der Waals surface area contributed by atoms with Gasteiger partial charge < -0.3 is 4.90 Å². The van der Waals surface area contributed by atoms with Gasteiger partial charge >= 0.3 is 0 Å². The summed E-state index contributed by atoms with van der Waals surface area (Å²) in [7, 11) is 0.0395. The molecule has 0 unspecified atom stereocenters. The summed E-state index contributed by atoms with van der Waals surface area (Å²) in [5.41, 5.74) is 6.81. The van der Waals surface area contributed by atoms with Crippen molar-refractivity contribution in [2.24, 2.45) is 5.10 Å². The predicted octanol–water partition coefficient (Wildman–Crippen LogP) is 5.87. The molecular formula is C30H29ClN4O3S. The highest BCUT2D eigenvalue weighted by atomic mass is 35.5. The molecule has 0 atom stereocenters. The second-order valence-corrected chi connectivity index (χ2v) is 11.4. The summed E-state index contributed by atoms with van der Waals surface area (Å²) in [4.78, 5) is 14.8. The zero-order valence-corrected chi connectivity index (χ0v) is 23.4. The molecule has 0 aliphatic carbocycles. The van der Waals surface area contributed by atoms with Gasteiger partial charge in [0.05, 0.1) is 23.3 Å². The molecular weight excluding hydrogens is 532 g/mol. The number of halogens is 1. The molecule has 0 radical (unpaired) electrons. The number of rotatable bonds is 9. The Kier molecular flexibility index (Phi) is 8.69. The Bertz CT molecular complexity index is 1570. The zero-order valence-electron chi connectivity index (χ0n) is 21.9. The Morgan fingerprint density at radius 1 is 0.923 bits per heavy atom. The monoisotopic (exact) mass is 560 g/mol. The van der Waals surface area contributed by atoms with Crippen LogP contribution in [0.3, 0.4) is 0 Å². The van der Waals surface area contributed by atoms with Gasteiger partial charge in [-0.25, -0.2) is 13.8 Å². The summed E-state index contributed by atoms with van der Waals surface area (Å²) in [5.74, 6) is -0.373. The van der Waals surface area contributed by atoms with Gasteiger partial charge in [0.1, 0.15) is 0 Å². The van der Waals surface area contributed by atoms with E-state index in [1.807, 2.05) is 50.2 Å². The van der Waals surface area contributed by atoms with Gasteiger partial charge in [0, 0.05) is 30.4 Å². The molecule has 1 amide bonds. The van der Waals surface area contributed by atoms with Gasteiger partial charge in [0.25, 0.3) is 15.9 Å². The Morgan fingerprint density at radius 3 is 2.23 bits per heavy atom. The summed E-state index contributed by atoms with van der Waals surface area (Å²) in [6, 6.07) is 27.9. The van der Waals surface area contributed by atoms with Gasteiger partial charge in [0.2, 0.25) is 0 Å². The number of nitrogens with zero attached hydrogens (tertiary/aromatic N) is 3. The van der Waals surface area contributed by atoms with Crippen molar-refractivity contribution in [2.75, 3.05) is 23.3 Å². The van der Waals surface area contributed by atoms with Crippen LogP contribution in [0.25, 0.3) is 0 Å². The lowest BCUT2D eigenvalue weighted by molar-refractivity contribution is 0.0955. The van der Waals surface area contributed by atoms with E-state index in [4.69, 9.17) is 11.6 Å². The van der Waals surface area contributed by atoms with Gasteiger partial charge in [-0.15, -0.1) is 0 Å². The SMILES string of the molecule is Cc1ccc(Cl)cc1N(Cc1ccc(C(=O)N/N=C\c2ccc(N(C)C)cc2)cc1)S(=O)(=O)c1ccccc1. The maximum absolute atomic E-state index is 13.7. The largest absolute Gasteiger partial charge is 0.378 e. The normalized spacial score (nSPS) is 11.4. The maximum Gasteiger partial charge on any atom is 0.271 e. The number of hydrazone groups is 1. The molecule has 0 spiro atoms. The Hall–Kier alpha value is -4.14. The average molecular weight is 561 g/mol. The van der Waals surface area contributed by atoms with Crippen LogP contribution in [0.1, 0.15) is 27.0 Å². The van der Waals surface area contributed by atoms with Crippen molar-refractivity contribution < 1.29 is 13.2 Å². The number of benzene rings is 4. The minimum absolute atomic E-state index is 0.0569. The average Bonchev–Trinajstić information content (AvgIpc) is 2.94. The van der Waals surface area contributed by atoms with E-state index in [1.54, 1.807) is 79.0 Å². The topological polar surface area (TPSA) is 82.1 Å². The highest BCUT2D eigenvalue weighted by Gasteiger charge is 2.26. The van der Waals surface area contributed by atoms with Crippen LogP contribution in [-0.2, 0) is 16.6 Å². The second-order valence-electron chi connectivity index (χ2n) is 9.14. The van der Waals surface area contributed by atoms with Crippen molar-refractivity contribution in [1.82, 2.24) is 5.43 Å². The van der Waals surface area contributed by atoms with Crippen LogP contribution in [-0.4, -0.2) is 34.6 Å². The summed E-state index contributed by atoms with van der Waals surface area (Å²) < 4.78 is 28.7. The zero-order chi connectivity index (χ0) is 28.0. The molecule has 0 saturated carbocycles. The molecule has 39 heavy (non-hydrogen) atoms. The van der Waals surface area contributed by atoms with E-state index in [0.29, 0.717) is 21.8 Å². The molecule has 0 bridgehead atoms. The Labute approximate surface area is 234 Å². The summed E-state index contributed by atoms with van der Waals surface area (Å²) in [6.07, 6.45) is 1.57. The first-order valence-electron chi connectivity index (χ1n) is 12.2. The number of hydrogen-bond donors (Lipinski definition) is 1. The fourth-order valence-corrected chi connectivity index (χ4v) is 5.58. The summed E-state index contributed by atoms with van der Waals surface area (Å²) in [5, 5.41) is 4.48. The van der Waals surface area contributed by atoms with Crippen molar-refractivity contribution in [3.8, 4) is 0 Å². The van der Waals surface area contributed by atoms with Crippen molar-refractivity contribution >= 4 is 45.1 Å². The molecule has 0 saturated heterocycles. The van der Waals surface area contributed by atoms with Crippen molar-refractivity contribution in [1.29, 1.82) is 0 Å². The molecule has 0 fully saturated rings. The van der Waals surface area contributed by atoms with E-state index < -0.39 is 10.0 Å². The number of aryl methyl sites for hydroxylation is 1. The number of sulfonamides is 1. The van der Waals surface area contributed by atoms with Crippen LogP contribution in [0.5, 0.6) is 0 Å². The molecule has 0 aromatic heterocycles. The smallest absolute Gasteiger partial charge is 0.271 e. The molecule has 0 heterocycles. The fourth-order valence-electron chi connectivity index (χ4n) is 3.89. The van der Waals surface area contributed by atoms with Crippen LogP contribution >= 0.6 is 11.6 Å². The van der Waals surface area contributed by atoms with Crippen LogP contribution in [0.15, 0.2) is 107 Å². The van der Waals surface area contributed by atoms with E-state index in [-0.39, 0.29) is 17.3 Å². The maximum atomic E-state index is 13.7. The molecule has 0 aliphatic heterocycles. The van der Waals surface area contributed by atoms with E-state index in [1.165, 1.54) is 4.31 Å². The third kappa shape index (κ3) is 6.85. The van der Waals surface area contributed by atoms with E-state index in [0.717, 1.165) is 16.8 Å². The van der Waals surface area contributed by atoms with Gasteiger partial charge in [-0.1, -0.05) is 60.1 Å². The van der Waals surface area contributed by atoms with E-state index in [9.17, 15) is 13.2 Å². The van der Waals surface area contributed by atoms with Gasteiger partial charge in [-0.2, -0.15) is 5.10 Å². The van der Waals surface area contributed by atoms with Gasteiger partial charge in [-0.05, 0) is 72.1 Å². The summed E-state index contributed by atoms with van der Waals surface area (Å²) >= 11 is 6.24. The molecule has 1 N–H and O–H groups in total. The molecule has 200 valence electrons. The lowest BCUT2D eigenvalue weighted by atomic mass is 10.1. The standard InChI is InChI=1S/C30H29ClN4O3S/c1-22-9-16-26(31)19-29(22)35(39(37,38)28-7-5-4-6-8-28)21-24-10-14-25(15-11-24)30(36)33-32-20-23-12-17-27(18-13-23)34(2)3/h4-20H,21H2,1-3H3,(H,33,36)/b32-20-. The predicted molar refractivity (Wildman–Crippen MR) is 158 cm³/mol. The highest BCUT2D eigenvalue weighted by molar-refractivity contribution is 7.92.